The highest BCUT2D eigenvalue weighted by Gasteiger charge is 2.47. The number of hydrogen-bond acceptors (Lipinski definition) is 5. The van der Waals surface area contributed by atoms with E-state index in [1.54, 1.807) is 31.1 Å². The van der Waals surface area contributed by atoms with Crippen LogP contribution in [0, 0.1) is 5.82 Å². The summed E-state index contributed by atoms with van der Waals surface area (Å²) in [7, 11) is 3.51. The lowest BCUT2D eigenvalue weighted by molar-refractivity contribution is 0.0336. The van der Waals surface area contributed by atoms with Crippen LogP contribution in [0.3, 0.4) is 0 Å². The van der Waals surface area contributed by atoms with Crippen LogP contribution in [0.5, 0.6) is 0 Å². The van der Waals surface area contributed by atoms with E-state index in [1.807, 2.05) is 9.80 Å². The molecule has 34 heavy (non-hydrogen) atoms. The Balaban J connectivity index is 0.00000289. The summed E-state index contributed by atoms with van der Waals surface area (Å²) in [6, 6.07) is 5.20. The first-order chi connectivity index (χ1) is 16.4. The second-order valence-electron chi connectivity index (χ2n) is 10.3. The number of carbonyl (C=O) groups is 2. The number of rotatable bonds is 2. The van der Waals surface area contributed by atoms with Gasteiger partial charge in [-0.1, -0.05) is 0 Å². The summed E-state index contributed by atoms with van der Waals surface area (Å²) >= 11 is 0. The van der Waals surface area contributed by atoms with Crippen molar-refractivity contribution in [1.29, 1.82) is 0 Å². The quantitative estimate of drug-likeness (QED) is 0.655. The average molecular weight is 477 g/mol. The summed E-state index contributed by atoms with van der Waals surface area (Å²) < 4.78 is 25.1. The fourth-order valence-corrected chi connectivity index (χ4v) is 6.03. The van der Waals surface area contributed by atoms with E-state index >= 15 is 0 Å². The smallest absolute Gasteiger partial charge is 0.410 e. The van der Waals surface area contributed by atoms with E-state index in [0.29, 0.717) is 38.9 Å². The van der Waals surface area contributed by atoms with Crippen molar-refractivity contribution in [3.63, 3.8) is 0 Å². The van der Waals surface area contributed by atoms with Gasteiger partial charge in [0.2, 0.25) is 0 Å². The number of halogens is 1. The Bertz CT molecular complexity index is 926. The molecule has 0 radical (unpaired) electrons. The van der Waals surface area contributed by atoms with Crippen molar-refractivity contribution >= 4 is 17.8 Å². The van der Waals surface area contributed by atoms with Crippen LogP contribution in [0.2, 0.25) is 0 Å². The molecule has 188 valence electrons. The minimum absolute atomic E-state index is 0. The minimum atomic E-state index is -0.247. The molecule has 0 N–H and O–H groups in total. The number of ether oxygens (including phenoxy) is 2. The highest BCUT2D eigenvalue weighted by Crippen LogP contribution is 2.48. The molecule has 3 saturated heterocycles. The molecule has 8 nitrogen and oxygen atoms in total. The Morgan fingerprint density at radius 3 is 2.53 bits per heavy atom. The van der Waals surface area contributed by atoms with Crippen molar-refractivity contribution in [2.24, 2.45) is 0 Å². The molecule has 4 aliphatic heterocycles. The summed E-state index contributed by atoms with van der Waals surface area (Å²) in [5, 5.41) is 0. The number of hydrogen-bond donors (Lipinski definition) is 0. The SMILES string of the molecule is CN(C)C(=O)N1CC2(CCN(C3CCN(C(=O)O[C@@H]4CCOC4)CC3)CC2)c2cc(F)ccc21.[HH]. The maximum absolute atomic E-state index is 14.2. The molecule has 0 aliphatic carbocycles. The third-order valence-corrected chi connectivity index (χ3v) is 8.04. The monoisotopic (exact) mass is 476 g/mol. The molecule has 3 fully saturated rings. The van der Waals surface area contributed by atoms with Crippen LogP contribution < -0.4 is 4.90 Å². The zero-order valence-corrected chi connectivity index (χ0v) is 20.2. The first kappa shape index (κ1) is 23.4. The predicted octanol–water partition coefficient (Wildman–Crippen LogP) is 3.30. The number of anilines is 1. The molecular formula is C25H37FN4O4. The van der Waals surface area contributed by atoms with E-state index in [0.717, 1.165) is 56.4 Å². The average Bonchev–Trinajstić information content (AvgIpc) is 3.46. The number of likely N-dealkylation sites (tertiary alicyclic amines) is 2. The normalized spacial score (nSPS) is 25.0. The molecule has 0 unspecified atom stereocenters. The number of piperidine rings is 2. The lowest BCUT2D eigenvalue weighted by Gasteiger charge is -2.45. The van der Waals surface area contributed by atoms with E-state index < -0.39 is 0 Å². The largest absolute Gasteiger partial charge is 0.444 e. The number of urea groups is 1. The van der Waals surface area contributed by atoms with E-state index in [4.69, 9.17) is 9.47 Å². The van der Waals surface area contributed by atoms with Crippen LogP contribution in [0.15, 0.2) is 18.2 Å². The highest BCUT2D eigenvalue weighted by molar-refractivity contribution is 5.95. The second kappa shape index (κ2) is 9.34. The van der Waals surface area contributed by atoms with E-state index in [-0.39, 0.29) is 30.9 Å². The standard InChI is InChI=1S/C25H35FN4O4.H2/c1-27(2)23(31)30-17-25(21-15-18(26)3-4-22(21)30)8-12-28(13-9-25)19-5-10-29(11-6-19)24(32)34-20-7-14-33-16-20;/h3-4,15,19-20H,5-14,16-17H2,1-2H3;1H/t20-;/m1./s1. The fraction of sp³-hybridized carbons (Fsp3) is 0.680. The molecule has 5 rings (SSSR count). The van der Waals surface area contributed by atoms with Gasteiger partial charge in [0.1, 0.15) is 11.9 Å². The molecule has 1 atom stereocenters. The molecule has 0 saturated carbocycles. The highest BCUT2D eigenvalue weighted by atomic mass is 19.1. The Morgan fingerprint density at radius 2 is 1.88 bits per heavy atom. The first-order valence-corrected chi connectivity index (χ1v) is 12.4. The number of carbonyl (C=O) groups excluding carboxylic acids is 2. The molecule has 1 aromatic rings. The molecule has 9 heteroatoms. The van der Waals surface area contributed by atoms with Gasteiger partial charge in [-0.3, -0.25) is 4.90 Å². The van der Waals surface area contributed by atoms with Gasteiger partial charge in [0.15, 0.2) is 0 Å². The minimum Gasteiger partial charge on any atom is -0.444 e. The Labute approximate surface area is 202 Å². The molecule has 4 heterocycles. The van der Waals surface area contributed by atoms with Crippen LogP contribution in [-0.2, 0) is 14.9 Å². The van der Waals surface area contributed by atoms with Crippen molar-refractivity contribution in [2.75, 3.05) is 64.9 Å². The summed E-state index contributed by atoms with van der Waals surface area (Å²) in [6.45, 7) is 5.00. The number of nitrogens with zero attached hydrogens (tertiary/aromatic N) is 4. The van der Waals surface area contributed by atoms with Crippen molar-refractivity contribution in [1.82, 2.24) is 14.7 Å². The van der Waals surface area contributed by atoms with Gasteiger partial charge < -0.3 is 24.2 Å². The van der Waals surface area contributed by atoms with Crippen LogP contribution in [0.4, 0.5) is 19.7 Å². The second-order valence-corrected chi connectivity index (χ2v) is 10.3. The Hall–Kier alpha value is -2.39. The maximum Gasteiger partial charge on any atom is 0.410 e. The summed E-state index contributed by atoms with van der Waals surface area (Å²) in [4.78, 5) is 33.0. The van der Waals surface area contributed by atoms with Crippen LogP contribution in [-0.4, -0.2) is 99.0 Å². The van der Waals surface area contributed by atoms with Gasteiger partial charge in [-0.2, -0.15) is 0 Å². The molecule has 1 spiro atoms. The molecule has 1 aromatic carbocycles. The van der Waals surface area contributed by atoms with Gasteiger partial charge in [-0.15, -0.1) is 0 Å². The lowest BCUT2D eigenvalue weighted by Crippen LogP contribution is -2.53. The number of fused-ring (bicyclic) bond motifs is 2. The zero-order valence-electron chi connectivity index (χ0n) is 20.2. The Morgan fingerprint density at radius 1 is 1.15 bits per heavy atom. The molecular weight excluding hydrogens is 439 g/mol. The molecule has 0 bridgehead atoms. The van der Waals surface area contributed by atoms with Gasteiger partial charge >= 0.3 is 12.1 Å². The summed E-state index contributed by atoms with van der Waals surface area (Å²) in [6.07, 6.45) is 4.10. The third-order valence-electron chi connectivity index (χ3n) is 8.04. The van der Waals surface area contributed by atoms with Crippen LogP contribution >= 0.6 is 0 Å². The maximum atomic E-state index is 14.2. The number of benzene rings is 1. The predicted molar refractivity (Wildman–Crippen MR) is 128 cm³/mol. The third kappa shape index (κ3) is 4.35. The fourth-order valence-electron chi connectivity index (χ4n) is 6.03. The first-order valence-electron chi connectivity index (χ1n) is 12.4. The van der Waals surface area contributed by atoms with E-state index in [9.17, 15) is 14.0 Å². The van der Waals surface area contributed by atoms with Crippen LogP contribution in [0.1, 0.15) is 39.1 Å². The van der Waals surface area contributed by atoms with Gasteiger partial charge in [0.25, 0.3) is 0 Å². The van der Waals surface area contributed by atoms with Gasteiger partial charge in [0.05, 0.1) is 13.2 Å². The van der Waals surface area contributed by atoms with Crippen LogP contribution in [0.25, 0.3) is 0 Å². The van der Waals surface area contributed by atoms with Gasteiger partial charge in [-0.05, 0) is 62.5 Å². The van der Waals surface area contributed by atoms with E-state index in [2.05, 4.69) is 4.90 Å². The number of amides is 3. The summed E-state index contributed by atoms with van der Waals surface area (Å²) in [5.41, 5.74) is 1.61. The molecule has 0 aromatic heterocycles. The zero-order chi connectivity index (χ0) is 23.9. The van der Waals surface area contributed by atoms with Crippen molar-refractivity contribution in [3.8, 4) is 0 Å². The van der Waals surface area contributed by atoms with E-state index in [1.165, 1.54) is 6.07 Å². The lowest BCUT2D eigenvalue weighted by atomic mass is 9.74. The van der Waals surface area contributed by atoms with Gasteiger partial charge in [-0.25, -0.2) is 14.0 Å². The molecule has 4 aliphatic rings. The topological polar surface area (TPSA) is 65.6 Å². The summed E-state index contributed by atoms with van der Waals surface area (Å²) in [5.74, 6) is -0.247. The Kier molecular flexibility index (Phi) is 6.41. The van der Waals surface area contributed by atoms with Crippen molar-refractivity contribution in [3.05, 3.63) is 29.6 Å². The van der Waals surface area contributed by atoms with Crippen molar-refractivity contribution < 1.29 is 24.9 Å². The van der Waals surface area contributed by atoms with Crippen molar-refractivity contribution in [2.45, 2.75) is 49.7 Å². The molecule has 3 amide bonds. The van der Waals surface area contributed by atoms with Gasteiger partial charge in [0, 0.05) is 58.7 Å².